The number of nitrogens with zero attached hydrogens (tertiary/aromatic N) is 4. The second-order valence-electron chi connectivity index (χ2n) is 4.71. The van der Waals surface area contributed by atoms with E-state index >= 15 is 0 Å². The van der Waals surface area contributed by atoms with Gasteiger partial charge in [-0.05, 0) is 18.6 Å². The molecule has 21 heavy (non-hydrogen) atoms. The van der Waals surface area contributed by atoms with Gasteiger partial charge in [-0.15, -0.1) is 0 Å². The summed E-state index contributed by atoms with van der Waals surface area (Å²) in [6.07, 6.45) is 2.42. The summed E-state index contributed by atoms with van der Waals surface area (Å²) in [7, 11) is 0. The Kier molecular flexibility index (Phi) is 4.76. The lowest BCUT2D eigenvalue weighted by molar-refractivity contribution is -0.135. The number of anilines is 2. The van der Waals surface area contributed by atoms with Gasteiger partial charge < -0.3 is 15.7 Å². The molecule has 0 radical (unpaired) electrons. The third-order valence-corrected chi connectivity index (χ3v) is 3.07. The lowest BCUT2D eigenvalue weighted by Crippen LogP contribution is -2.31. The van der Waals surface area contributed by atoms with Gasteiger partial charge in [0.25, 0.3) is 0 Å². The molecular weight excluding hydrogens is 270 g/mol. The van der Waals surface area contributed by atoms with Crippen LogP contribution in [0.5, 0.6) is 0 Å². The number of nitrogens with two attached hydrogens (primary N) is 1. The van der Waals surface area contributed by atoms with Crippen LogP contribution in [0.4, 0.5) is 11.4 Å². The Hall–Kier alpha value is -2.57. The van der Waals surface area contributed by atoms with Gasteiger partial charge in [-0.1, -0.05) is 19.1 Å². The number of para-hydroxylation sites is 2. The number of carboxylic acids is 1. The Morgan fingerprint density at radius 2 is 2.19 bits per heavy atom. The average molecular weight is 289 g/mol. The number of benzene rings is 1. The maximum atomic E-state index is 11.1. The van der Waals surface area contributed by atoms with Crippen LogP contribution in [0.1, 0.15) is 19.2 Å². The summed E-state index contributed by atoms with van der Waals surface area (Å²) in [5, 5.41) is 13.3. The van der Waals surface area contributed by atoms with Crippen LogP contribution in [-0.4, -0.2) is 32.4 Å². The van der Waals surface area contributed by atoms with Crippen LogP contribution in [0.15, 0.2) is 30.6 Å². The number of hydrogen-bond acceptors (Lipinski definition) is 5. The predicted molar refractivity (Wildman–Crippen MR) is 79.9 cm³/mol. The van der Waals surface area contributed by atoms with Gasteiger partial charge in [0.05, 0.1) is 17.9 Å². The van der Waals surface area contributed by atoms with E-state index in [2.05, 4.69) is 17.0 Å². The zero-order valence-corrected chi connectivity index (χ0v) is 11.9. The van der Waals surface area contributed by atoms with E-state index in [4.69, 9.17) is 10.8 Å². The molecule has 112 valence electrons. The molecule has 0 aliphatic rings. The van der Waals surface area contributed by atoms with Gasteiger partial charge in [0.2, 0.25) is 0 Å². The summed E-state index contributed by atoms with van der Waals surface area (Å²) in [5.74, 6) is -0.193. The third-order valence-electron chi connectivity index (χ3n) is 3.07. The summed E-state index contributed by atoms with van der Waals surface area (Å²) >= 11 is 0. The summed E-state index contributed by atoms with van der Waals surface area (Å²) in [4.78, 5) is 17.0. The quantitative estimate of drug-likeness (QED) is 0.747. The molecular formula is C14H19N5O2. The molecule has 0 bridgehead atoms. The average Bonchev–Trinajstić information content (AvgIpc) is 2.86. The first-order valence-corrected chi connectivity index (χ1v) is 6.79. The predicted octanol–water partition coefficient (Wildman–Crippen LogP) is 1.36. The molecule has 2 aromatic rings. The number of nitrogen functional groups attached to an aromatic ring is 1. The van der Waals surface area contributed by atoms with Crippen LogP contribution in [0.25, 0.3) is 0 Å². The van der Waals surface area contributed by atoms with Crippen molar-refractivity contribution < 1.29 is 9.90 Å². The molecule has 7 heteroatoms. The van der Waals surface area contributed by atoms with Crippen LogP contribution in [0.3, 0.4) is 0 Å². The first-order valence-electron chi connectivity index (χ1n) is 6.79. The number of aliphatic carboxylic acids is 1. The van der Waals surface area contributed by atoms with E-state index in [1.807, 2.05) is 12.1 Å². The van der Waals surface area contributed by atoms with Crippen molar-refractivity contribution in [1.29, 1.82) is 0 Å². The van der Waals surface area contributed by atoms with E-state index < -0.39 is 5.97 Å². The summed E-state index contributed by atoms with van der Waals surface area (Å²) in [5.41, 5.74) is 7.17. The van der Waals surface area contributed by atoms with Gasteiger partial charge in [0, 0.05) is 6.54 Å². The molecule has 0 saturated carbocycles. The highest BCUT2D eigenvalue weighted by Crippen LogP contribution is 2.23. The van der Waals surface area contributed by atoms with Crippen LogP contribution >= 0.6 is 0 Å². The minimum Gasteiger partial charge on any atom is -0.480 e. The number of rotatable bonds is 7. The van der Waals surface area contributed by atoms with E-state index in [0.29, 0.717) is 17.9 Å². The van der Waals surface area contributed by atoms with Crippen molar-refractivity contribution >= 4 is 17.3 Å². The first kappa shape index (κ1) is 14.8. The molecule has 0 atom stereocenters. The maximum absolute atomic E-state index is 11.1. The van der Waals surface area contributed by atoms with Crippen LogP contribution < -0.4 is 10.6 Å². The van der Waals surface area contributed by atoms with Gasteiger partial charge >= 0.3 is 5.97 Å². The summed E-state index contributed by atoms with van der Waals surface area (Å²) in [6.45, 7) is 3.00. The summed E-state index contributed by atoms with van der Waals surface area (Å²) < 4.78 is 1.79. The first-order chi connectivity index (χ1) is 10.1. The molecule has 0 saturated heterocycles. The Morgan fingerprint density at radius 1 is 1.43 bits per heavy atom. The summed E-state index contributed by atoms with van der Waals surface area (Å²) in [6, 6.07) is 7.20. The Labute approximate surface area is 123 Å². The highest BCUT2D eigenvalue weighted by Gasteiger charge is 2.16. The maximum Gasteiger partial charge on any atom is 0.323 e. The normalized spacial score (nSPS) is 10.5. The minimum absolute atomic E-state index is 0.146. The minimum atomic E-state index is -0.917. The zero-order chi connectivity index (χ0) is 15.2. The molecule has 0 aliphatic heterocycles. The fourth-order valence-electron chi connectivity index (χ4n) is 2.14. The van der Waals surface area contributed by atoms with Crippen molar-refractivity contribution in [3.8, 4) is 0 Å². The smallest absolute Gasteiger partial charge is 0.323 e. The second-order valence-corrected chi connectivity index (χ2v) is 4.71. The largest absolute Gasteiger partial charge is 0.480 e. The molecule has 7 nitrogen and oxygen atoms in total. The number of carbonyl (C=O) groups is 1. The molecule has 1 aromatic carbocycles. The third kappa shape index (κ3) is 3.71. The second kappa shape index (κ2) is 6.74. The van der Waals surface area contributed by atoms with E-state index in [1.165, 1.54) is 6.33 Å². The number of carboxylic acid groups (broad SMARTS) is 1. The van der Waals surface area contributed by atoms with E-state index in [9.17, 15) is 4.79 Å². The van der Waals surface area contributed by atoms with Gasteiger partial charge in [0.15, 0.2) is 0 Å². The highest BCUT2D eigenvalue weighted by atomic mass is 16.4. The van der Waals surface area contributed by atoms with E-state index in [1.54, 1.807) is 21.7 Å². The molecule has 0 amide bonds. The fourth-order valence-corrected chi connectivity index (χ4v) is 2.14. The Bertz CT molecular complexity index is 611. The molecule has 0 spiro atoms. The standard InChI is InChI=1S/C14H19N5O2/c1-2-7-19-13(16-10-17-19)8-18(9-14(20)21)12-6-4-3-5-11(12)15/h3-6,10H,2,7-9,15H2,1H3,(H,20,21). The van der Waals surface area contributed by atoms with Crippen molar-refractivity contribution in [2.75, 3.05) is 17.2 Å². The van der Waals surface area contributed by atoms with Crippen LogP contribution in [0, 0.1) is 0 Å². The van der Waals surface area contributed by atoms with Crippen molar-refractivity contribution in [1.82, 2.24) is 14.8 Å². The van der Waals surface area contributed by atoms with Gasteiger partial charge in [-0.25, -0.2) is 9.67 Å². The van der Waals surface area contributed by atoms with Crippen molar-refractivity contribution in [2.24, 2.45) is 0 Å². The molecule has 0 aliphatic carbocycles. The zero-order valence-electron chi connectivity index (χ0n) is 11.9. The van der Waals surface area contributed by atoms with Gasteiger partial charge in [-0.3, -0.25) is 4.79 Å². The number of aryl methyl sites for hydroxylation is 1. The Morgan fingerprint density at radius 3 is 2.86 bits per heavy atom. The Balaban J connectivity index is 2.26. The van der Waals surface area contributed by atoms with Crippen molar-refractivity contribution in [3.63, 3.8) is 0 Å². The monoisotopic (exact) mass is 289 g/mol. The SMILES string of the molecule is CCCn1ncnc1CN(CC(=O)O)c1ccccc1N. The van der Waals surface area contributed by atoms with Crippen LogP contribution in [-0.2, 0) is 17.9 Å². The highest BCUT2D eigenvalue weighted by molar-refractivity contribution is 5.77. The molecule has 3 N–H and O–H groups in total. The lowest BCUT2D eigenvalue weighted by Gasteiger charge is -2.24. The molecule has 0 unspecified atom stereocenters. The van der Waals surface area contributed by atoms with Gasteiger partial charge in [-0.2, -0.15) is 5.10 Å². The fraction of sp³-hybridized carbons (Fsp3) is 0.357. The van der Waals surface area contributed by atoms with E-state index in [-0.39, 0.29) is 6.54 Å². The van der Waals surface area contributed by atoms with Gasteiger partial charge in [0.1, 0.15) is 18.7 Å². The lowest BCUT2D eigenvalue weighted by atomic mass is 10.2. The van der Waals surface area contributed by atoms with E-state index in [0.717, 1.165) is 18.8 Å². The molecule has 1 heterocycles. The van der Waals surface area contributed by atoms with Crippen molar-refractivity contribution in [3.05, 3.63) is 36.4 Å². The molecule has 1 aromatic heterocycles. The number of aromatic nitrogens is 3. The van der Waals surface area contributed by atoms with Crippen LogP contribution in [0.2, 0.25) is 0 Å². The molecule has 2 rings (SSSR count). The molecule has 0 fully saturated rings. The topological polar surface area (TPSA) is 97.3 Å². The number of hydrogen-bond donors (Lipinski definition) is 2. The van der Waals surface area contributed by atoms with Crippen molar-refractivity contribution in [2.45, 2.75) is 26.4 Å².